The largest absolute Gasteiger partial charge is 0.505 e. The van der Waals surface area contributed by atoms with Crippen molar-refractivity contribution in [3.8, 4) is 5.75 Å². The fourth-order valence-corrected chi connectivity index (χ4v) is 3.49. The molecule has 1 aromatic rings. The zero-order chi connectivity index (χ0) is 13.9. The van der Waals surface area contributed by atoms with Crippen LogP contribution in [0.1, 0.15) is 36.0 Å². The van der Waals surface area contributed by atoms with Gasteiger partial charge >= 0.3 is 0 Å². The standard InChI is InChI=1S/C15H21N3O2/c19-14-10-17-8-5-12(14)15(20)18-9-1-2-13(18)11-3-6-16-7-4-11/h5,8,10-11,13,16,19H,1-4,6-7,9H2. The van der Waals surface area contributed by atoms with Crippen LogP contribution in [-0.4, -0.2) is 46.6 Å². The van der Waals surface area contributed by atoms with Gasteiger partial charge in [0.25, 0.3) is 5.91 Å². The molecule has 3 rings (SSSR count). The Hall–Kier alpha value is -1.62. The first-order valence-corrected chi connectivity index (χ1v) is 7.42. The molecule has 2 fully saturated rings. The van der Waals surface area contributed by atoms with Gasteiger partial charge < -0.3 is 15.3 Å². The van der Waals surface area contributed by atoms with Crippen molar-refractivity contribution in [2.24, 2.45) is 5.92 Å². The van der Waals surface area contributed by atoms with Crippen LogP contribution in [0.5, 0.6) is 5.75 Å². The Kier molecular flexibility index (Phi) is 3.87. The van der Waals surface area contributed by atoms with Crippen molar-refractivity contribution in [1.29, 1.82) is 0 Å². The normalized spacial score (nSPS) is 24.0. The van der Waals surface area contributed by atoms with Crippen LogP contribution in [0, 0.1) is 5.92 Å². The minimum Gasteiger partial charge on any atom is -0.505 e. The van der Waals surface area contributed by atoms with E-state index >= 15 is 0 Å². The second kappa shape index (κ2) is 5.79. The molecule has 108 valence electrons. The number of nitrogens with zero attached hydrogens (tertiary/aromatic N) is 2. The second-order valence-corrected chi connectivity index (χ2v) is 5.69. The maximum atomic E-state index is 12.6. The highest BCUT2D eigenvalue weighted by Crippen LogP contribution is 2.31. The van der Waals surface area contributed by atoms with Gasteiger partial charge in [0.15, 0.2) is 0 Å². The average Bonchev–Trinajstić information content (AvgIpc) is 2.97. The summed E-state index contributed by atoms with van der Waals surface area (Å²) in [5.74, 6) is 0.520. The molecule has 5 nitrogen and oxygen atoms in total. The van der Waals surface area contributed by atoms with E-state index in [1.807, 2.05) is 4.90 Å². The Balaban J connectivity index is 1.78. The van der Waals surface area contributed by atoms with E-state index in [4.69, 9.17) is 0 Å². The number of rotatable bonds is 2. The monoisotopic (exact) mass is 275 g/mol. The summed E-state index contributed by atoms with van der Waals surface area (Å²) >= 11 is 0. The lowest BCUT2D eigenvalue weighted by Crippen LogP contribution is -2.43. The van der Waals surface area contributed by atoms with E-state index in [0.29, 0.717) is 17.5 Å². The third kappa shape index (κ3) is 2.50. The van der Waals surface area contributed by atoms with E-state index in [0.717, 1.165) is 45.3 Å². The number of pyridine rings is 1. The van der Waals surface area contributed by atoms with E-state index in [1.165, 1.54) is 6.20 Å². The van der Waals surface area contributed by atoms with Crippen LogP contribution in [-0.2, 0) is 0 Å². The van der Waals surface area contributed by atoms with E-state index < -0.39 is 0 Å². The van der Waals surface area contributed by atoms with E-state index in [2.05, 4.69) is 10.3 Å². The van der Waals surface area contributed by atoms with Gasteiger partial charge in [-0.2, -0.15) is 0 Å². The Morgan fingerprint density at radius 3 is 2.90 bits per heavy atom. The highest BCUT2D eigenvalue weighted by Gasteiger charge is 2.36. The summed E-state index contributed by atoms with van der Waals surface area (Å²) in [5.41, 5.74) is 0.376. The van der Waals surface area contributed by atoms with Gasteiger partial charge in [-0.25, -0.2) is 0 Å². The van der Waals surface area contributed by atoms with Crippen LogP contribution in [0.4, 0.5) is 0 Å². The topological polar surface area (TPSA) is 65.5 Å². The summed E-state index contributed by atoms with van der Waals surface area (Å²) in [4.78, 5) is 18.4. The first kappa shape index (κ1) is 13.4. The summed E-state index contributed by atoms with van der Waals surface area (Å²) in [6, 6.07) is 1.94. The van der Waals surface area contributed by atoms with Gasteiger partial charge in [-0.3, -0.25) is 9.78 Å². The molecule has 2 N–H and O–H groups in total. The molecule has 1 atom stereocenters. The first-order chi connectivity index (χ1) is 9.77. The molecule has 0 aromatic carbocycles. The number of carbonyl (C=O) groups is 1. The van der Waals surface area contributed by atoms with Crippen LogP contribution in [0.2, 0.25) is 0 Å². The number of piperidine rings is 1. The SMILES string of the molecule is O=C(c1ccncc1O)N1CCCC1C1CCNCC1. The predicted molar refractivity (Wildman–Crippen MR) is 75.6 cm³/mol. The molecule has 0 spiro atoms. The highest BCUT2D eigenvalue weighted by atomic mass is 16.3. The van der Waals surface area contributed by atoms with E-state index in [1.54, 1.807) is 12.3 Å². The number of likely N-dealkylation sites (tertiary alicyclic amines) is 1. The van der Waals surface area contributed by atoms with Crippen LogP contribution < -0.4 is 5.32 Å². The summed E-state index contributed by atoms with van der Waals surface area (Å²) in [7, 11) is 0. The molecule has 2 aliphatic heterocycles. The van der Waals surface area contributed by atoms with Crippen molar-refractivity contribution in [2.45, 2.75) is 31.7 Å². The Morgan fingerprint density at radius 1 is 1.35 bits per heavy atom. The highest BCUT2D eigenvalue weighted by molar-refractivity contribution is 5.97. The molecule has 2 aliphatic rings. The molecule has 1 aromatic heterocycles. The summed E-state index contributed by atoms with van der Waals surface area (Å²) in [6.45, 7) is 2.89. The zero-order valence-electron chi connectivity index (χ0n) is 11.6. The number of amides is 1. The minimum absolute atomic E-state index is 0.0199. The molecular weight excluding hydrogens is 254 g/mol. The Bertz CT molecular complexity index is 486. The molecule has 2 saturated heterocycles. The molecule has 3 heterocycles. The molecule has 20 heavy (non-hydrogen) atoms. The quantitative estimate of drug-likeness (QED) is 0.856. The third-order valence-corrected chi connectivity index (χ3v) is 4.52. The van der Waals surface area contributed by atoms with E-state index in [9.17, 15) is 9.90 Å². The summed E-state index contributed by atoms with van der Waals surface area (Å²) in [5, 5.41) is 13.2. The zero-order valence-corrected chi connectivity index (χ0v) is 11.6. The van der Waals surface area contributed by atoms with Crippen LogP contribution in [0.25, 0.3) is 0 Å². The molecule has 5 heteroatoms. The van der Waals surface area contributed by atoms with Crippen LogP contribution in [0.3, 0.4) is 0 Å². The van der Waals surface area contributed by atoms with Crippen molar-refractivity contribution in [3.63, 3.8) is 0 Å². The van der Waals surface area contributed by atoms with Gasteiger partial charge in [0.05, 0.1) is 11.8 Å². The van der Waals surface area contributed by atoms with Crippen LogP contribution in [0.15, 0.2) is 18.5 Å². The van der Waals surface area contributed by atoms with Gasteiger partial charge in [0.1, 0.15) is 5.75 Å². The molecule has 0 saturated carbocycles. The van der Waals surface area contributed by atoms with Gasteiger partial charge in [-0.1, -0.05) is 0 Å². The number of aromatic nitrogens is 1. The van der Waals surface area contributed by atoms with Crippen molar-refractivity contribution < 1.29 is 9.90 Å². The summed E-state index contributed by atoms with van der Waals surface area (Å²) < 4.78 is 0. The average molecular weight is 275 g/mol. The second-order valence-electron chi connectivity index (χ2n) is 5.69. The molecule has 0 bridgehead atoms. The molecule has 1 amide bonds. The lowest BCUT2D eigenvalue weighted by molar-refractivity contribution is 0.0663. The number of hydrogen-bond donors (Lipinski definition) is 2. The fourth-order valence-electron chi connectivity index (χ4n) is 3.49. The van der Waals surface area contributed by atoms with Crippen molar-refractivity contribution in [1.82, 2.24) is 15.2 Å². The summed E-state index contributed by atoms with van der Waals surface area (Å²) in [6.07, 6.45) is 7.31. The van der Waals surface area contributed by atoms with Crippen molar-refractivity contribution in [2.75, 3.05) is 19.6 Å². The van der Waals surface area contributed by atoms with Gasteiger partial charge in [0.2, 0.25) is 0 Å². The molecule has 0 radical (unpaired) electrons. The smallest absolute Gasteiger partial charge is 0.257 e. The molecule has 1 unspecified atom stereocenters. The van der Waals surface area contributed by atoms with E-state index in [-0.39, 0.29) is 11.7 Å². The Morgan fingerprint density at radius 2 is 2.15 bits per heavy atom. The number of aromatic hydroxyl groups is 1. The molecular formula is C15H21N3O2. The first-order valence-electron chi connectivity index (χ1n) is 7.42. The van der Waals surface area contributed by atoms with Crippen molar-refractivity contribution in [3.05, 3.63) is 24.0 Å². The number of carbonyl (C=O) groups excluding carboxylic acids is 1. The predicted octanol–water partition coefficient (Wildman–Crippen LogP) is 1.39. The van der Waals surface area contributed by atoms with Gasteiger partial charge in [0, 0.05) is 18.8 Å². The Labute approximate surface area is 119 Å². The lowest BCUT2D eigenvalue weighted by atomic mass is 9.88. The minimum atomic E-state index is -0.0501. The lowest BCUT2D eigenvalue weighted by Gasteiger charge is -2.34. The van der Waals surface area contributed by atoms with Crippen LogP contribution >= 0.6 is 0 Å². The number of nitrogens with one attached hydrogen (secondary N) is 1. The number of hydrogen-bond acceptors (Lipinski definition) is 4. The fraction of sp³-hybridized carbons (Fsp3) is 0.600. The third-order valence-electron chi connectivity index (χ3n) is 4.52. The maximum absolute atomic E-state index is 12.6. The van der Waals surface area contributed by atoms with Gasteiger partial charge in [-0.05, 0) is 50.8 Å². The maximum Gasteiger partial charge on any atom is 0.257 e. The van der Waals surface area contributed by atoms with Crippen molar-refractivity contribution >= 4 is 5.91 Å². The molecule has 0 aliphatic carbocycles. The van der Waals surface area contributed by atoms with Gasteiger partial charge in [-0.15, -0.1) is 0 Å².